The number of ether oxygens (including phenoxy) is 1. The zero-order valence-electron chi connectivity index (χ0n) is 9.50. The summed E-state index contributed by atoms with van der Waals surface area (Å²) in [6.45, 7) is 4.14. The van der Waals surface area contributed by atoms with Crippen LogP contribution in [0.25, 0.3) is 0 Å². The van der Waals surface area contributed by atoms with Crippen molar-refractivity contribution >= 4 is 21.7 Å². The molecule has 1 aromatic carbocycles. The second kappa shape index (κ2) is 6.48. The maximum Gasteiger partial charge on any atom is 0.159 e. The van der Waals surface area contributed by atoms with E-state index >= 15 is 0 Å². The van der Waals surface area contributed by atoms with Gasteiger partial charge < -0.3 is 4.74 Å². The first-order chi connectivity index (χ1) is 7.63. The van der Waals surface area contributed by atoms with Gasteiger partial charge in [0.25, 0.3) is 0 Å². The maximum atomic E-state index is 11.0. The Labute approximate surface area is 104 Å². The molecule has 0 unspecified atom stereocenters. The van der Waals surface area contributed by atoms with Crippen LogP contribution in [-0.2, 0) is 0 Å². The molecule has 0 aromatic heterocycles. The molecule has 1 aromatic rings. The molecule has 3 heteroatoms. The highest BCUT2D eigenvalue weighted by Gasteiger charge is 1.98. The lowest BCUT2D eigenvalue weighted by atomic mass is 10.1. The summed E-state index contributed by atoms with van der Waals surface area (Å²) in [5.41, 5.74) is 1.94. The van der Waals surface area contributed by atoms with Crippen LogP contribution in [0.5, 0.6) is 5.75 Å². The van der Waals surface area contributed by atoms with Crippen molar-refractivity contribution in [3.8, 4) is 5.75 Å². The number of hydrogen-bond donors (Lipinski definition) is 0. The molecule has 0 spiro atoms. The fourth-order valence-electron chi connectivity index (χ4n) is 1.12. The van der Waals surface area contributed by atoms with E-state index in [0.29, 0.717) is 12.2 Å². The first-order valence-corrected chi connectivity index (χ1v) is 6.21. The van der Waals surface area contributed by atoms with Crippen LogP contribution < -0.4 is 4.74 Å². The second-order valence-electron chi connectivity index (χ2n) is 3.58. The van der Waals surface area contributed by atoms with Crippen LogP contribution in [0.3, 0.4) is 0 Å². The number of allylic oxidation sites excluding steroid dienone is 1. The topological polar surface area (TPSA) is 26.3 Å². The molecule has 0 aliphatic heterocycles. The molecule has 0 bridgehead atoms. The minimum absolute atomic E-state index is 0.0709. The molecule has 0 aliphatic carbocycles. The van der Waals surface area contributed by atoms with Gasteiger partial charge in [0, 0.05) is 10.9 Å². The highest BCUT2D eigenvalue weighted by Crippen LogP contribution is 2.12. The van der Waals surface area contributed by atoms with Gasteiger partial charge in [0.2, 0.25) is 0 Å². The van der Waals surface area contributed by atoms with Crippen molar-refractivity contribution < 1.29 is 9.53 Å². The predicted octanol–water partition coefficient (Wildman–Crippen LogP) is 3.61. The molecular formula is C13H15BrO2. The fraction of sp³-hybridized carbons (Fsp3) is 0.308. The number of hydrogen-bond acceptors (Lipinski definition) is 2. The molecule has 0 heterocycles. The van der Waals surface area contributed by atoms with Gasteiger partial charge in [-0.05, 0) is 44.2 Å². The van der Waals surface area contributed by atoms with E-state index in [1.807, 2.05) is 25.1 Å². The summed E-state index contributed by atoms with van der Waals surface area (Å²) in [4.78, 5) is 11.0. The molecule has 0 aliphatic rings. The van der Waals surface area contributed by atoms with Gasteiger partial charge in [0.15, 0.2) is 5.78 Å². The summed E-state index contributed by atoms with van der Waals surface area (Å²) in [7, 11) is 0. The van der Waals surface area contributed by atoms with Gasteiger partial charge in [-0.3, -0.25) is 4.79 Å². The zero-order chi connectivity index (χ0) is 12.0. The number of benzene rings is 1. The lowest BCUT2D eigenvalue weighted by molar-refractivity contribution is 0.101. The zero-order valence-corrected chi connectivity index (χ0v) is 11.1. The largest absolute Gasteiger partial charge is 0.490 e. The highest BCUT2D eigenvalue weighted by molar-refractivity contribution is 9.09. The van der Waals surface area contributed by atoms with Gasteiger partial charge in [-0.25, -0.2) is 0 Å². The molecule has 0 saturated heterocycles. The van der Waals surface area contributed by atoms with Gasteiger partial charge in [0.05, 0.1) is 0 Å². The lowest BCUT2D eigenvalue weighted by Crippen LogP contribution is -1.96. The third-order valence-electron chi connectivity index (χ3n) is 2.15. The second-order valence-corrected chi connectivity index (χ2v) is 4.14. The smallest absolute Gasteiger partial charge is 0.159 e. The summed E-state index contributed by atoms with van der Waals surface area (Å²) in [6.07, 6.45) is 2.02. The molecular weight excluding hydrogens is 268 g/mol. The van der Waals surface area contributed by atoms with Crippen molar-refractivity contribution in [1.82, 2.24) is 0 Å². The molecule has 0 saturated carbocycles. The van der Waals surface area contributed by atoms with Crippen LogP contribution in [0.4, 0.5) is 0 Å². The van der Waals surface area contributed by atoms with Gasteiger partial charge in [0.1, 0.15) is 12.4 Å². The quantitative estimate of drug-likeness (QED) is 0.469. The van der Waals surface area contributed by atoms with E-state index in [0.717, 1.165) is 11.1 Å². The molecule has 0 N–H and O–H groups in total. The van der Waals surface area contributed by atoms with Crippen molar-refractivity contribution in [2.75, 3.05) is 11.9 Å². The average molecular weight is 283 g/mol. The van der Waals surface area contributed by atoms with Crippen LogP contribution in [0.1, 0.15) is 24.2 Å². The van der Waals surface area contributed by atoms with Gasteiger partial charge in [-0.15, -0.1) is 0 Å². The summed E-state index contributed by atoms with van der Waals surface area (Å²) < 4.78 is 5.50. The van der Waals surface area contributed by atoms with Crippen LogP contribution in [0.2, 0.25) is 0 Å². The molecule has 86 valence electrons. The highest BCUT2D eigenvalue weighted by atomic mass is 79.9. The Morgan fingerprint density at radius 2 is 1.94 bits per heavy atom. The van der Waals surface area contributed by atoms with Gasteiger partial charge in [-0.2, -0.15) is 0 Å². The van der Waals surface area contributed by atoms with Crippen LogP contribution in [0.15, 0.2) is 35.9 Å². The minimum atomic E-state index is 0.0709. The van der Waals surface area contributed by atoms with Crippen LogP contribution in [-0.4, -0.2) is 17.7 Å². The Morgan fingerprint density at radius 1 is 1.31 bits per heavy atom. The van der Waals surface area contributed by atoms with Crippen molar-refractivity contribution in [2.45, 2.75) is 13.8 Å². The minimum Gasteiger partial charge on any atom is -0.490 e. The maximum absolute atomic E-state index is 11.0. The van der Waals surface area contributed by atoms with E-state index in [1.54, 1.807) is 19.1 Å². The van der Waals surface area contributed by atoms with E-state index in [9.17, 15) is 4.79 Å². The van der Waals surface area contributed by atoms with E-state index in [-0.39, 0.29) is 5.78 Å². The fourth-order valence-corrected chi connectivity index (χ4v) is 1.35. The number of Topliss-reactive ketones (excluding diaryl/α,β-unsaturated/α-hetero) is 1. The molecule has 2 nitrogen and oxygen atoms in total. The molecule has 0 atom stereocenters. The Kier molecular flexibility index (Phi) is 5.26. The van der Waals surface area contributed by atoms with Gasteiger partial charge >= 0.3 is 0 Å². The van der Waals surface area contributed by atoms with Crippen molar-refractivity contribution in [1.29, 1.82) is 0 Å². The van der Waals surface area contributed by atoms with E-state index < -0.39 is 0 Å². The number of halogens is 1. The number of alkyl halides is 1. The van der Waals surface area contributed by atoms with Crippen LogP contribution >= 0.6 is 15.9 Å². The summed E-state index contributed by atoms with van der Waals surface area (Å²) >= 11 is 3.37. The number of ketones is 1. The normalized spacial score (nSPS) is 11.3. The molecule has 0 amide bonds. The first-order valence-electron chi connectivity index (χ1n) is 5.09. The third kappa shape index (κ3) is 4.19. The Bertz CT molecular complexity index is 379. The number of rotatable bonds is 5. The van der Waals surface area contributed by atoms with Crippen molar-refractivity contribution in [3.63, 3.8) is 0 Å². The van der Waals surface area contributed by atoms with E-state index in [4.69, 9.17) is 4.74 Å². The average Bonchev–Trinajstić information content (AvgIpc) is 2.29. The molecule has 1 rings (SSSR count). The predicted molar refractivity (Wildman–Crippen MR) is 69.5 cm³/mol. The van der Waals surface area contributed by atoms with Crippen molar-refractivity contribution in [3.05, 3.63) is 41.5 Å². The van der Waals surface area contributed by atoms with E-state index in [1.165, 1.54) is 5.57 Å². The Morgan fingerprint density at radius 3 is 2.44 bits per heavy atom. The standard InChI is InChI=1S/C13H15BrO2/c1-10(9-14)7-8-16-13-5-3-12(4-6-13)11(2)15/h3-7H,8-9H2,1-2H3/b10-7+. The Hall–Kier alpha value is -1.09. The molecule has 16 heavy (non-hydrogen) atoms. The third-order valence-corrected chi connectivity index (χ3v) is 3.04. The van der Waals surface area contributed by atoms with Crippen LogP contribution in [0, 0.1) is 0 Å². The summed E-state index contributed by atoms with van der Waals surface area (Å²) in [5, 5.41) is 0.861. The number of carbonyl (C=O) groups is 1. The molecule has 0 radical (unpaired) electrons. The molecule has 0 fully saturated rings. The first kappa shape index (κ1) is 13.0. The van der Waals surface area contributed by atoms with Crippen molar-refractivity contribution in [2.24, 2.45) is 0 Å². The SMILES string of the molecule is CC(=O)c1ccc(OC/C=C(\C)CBr)cc1. The Balaban J connectivity index is 2.53. The lowest BCUT2D eigenvalue weighted by Gasteiger charge is -2.04. The summed E-state index contributed by atoms with van der Waals surface area (Å²) in [5.74, 6) is 0.852. The number of carbonyl (C=O) groups excluding carboxylic acids is 1. The summed E-state index contributed by atoms with van der Waals surface area (Å²) in [6, 6.07) is 7.18. The van der Waals surface area contributed by atoms with Gasteiger partial charge in [-0.1, -0.05) is 21.5 Å². The van der Waals surface area contributed by atoms with E-state index in [2.05, 4.69) is 15.9 Å². The monoisotopic (exact) mass is 282 g/mol.